The number of aryl methyl sites for hydroxylation is 1. The molecule has 0 bridgehead atoms. The third-order valence-corrected chi connectivity index (χ3v) is 13.7. The molecule has 348 valence electrons. The van der Waals surface area contributed by atoms with Crippen LogP contribution in [0.4, 0.5) is 0 Å². The van der Waals surface area contributed by atoms with Crippen molar-refractivity contribution in [3.63, 3.8) is 0 Å². The lowest BCUT2D eigenvalue weighted by Gasteiger charge is -2.28. The van der Waals surface area contributed by atoms with Gasteiger partial charge in [-0.2, -0.15) is 0 Å². The van der Waals surface area contributed by atoms with Gasteiger partial charge in [0, 0.05) is 22.9 Å². The molecule has 0 spiro atoms. The first-order valence-corrected chi connectivity index (χ1v) is 24.5. The van der Waals surface area contributed by atoms with E-state index in [4.69, 9.17) is 9.97 Å². The zero-order valence-corrected chi connectivity index (χ0v) is 42.9. The number of nitrogens with zero attached hydrogens (tertiary/aromatic N) is 3. The van der Waals surface area contributed by atoms with E-state index in [1.165, 1.54) is 27.8 Å². The molecule has 0 aliphatic rings. The van der Waals surface area contributed by atoms with Crippen molar-refractivity contribution in [2.24, 2.45) is 0 Å². The number of phenolic OH excluding ortho intramolecular Hbond substituents is 1. The summed E-state index contributed by atoms with van der Waals surface area (Å²) in [6, 6.07) is 56.9. The molecular weight excluding hydrogens is 839 g/mol. The van der Waals surface area contributed by atoms with E-state index in [2.05, 4.69) is 252 Å². The van der Waals surface area contributed by atoms with Gasteiger partial charge in [-0.1, -0.05) is 192 Å². The second kappa shape index (κ2) is 17.5. The molecule has 0 fully saturated rings. The van der Waals surface area contributed by atoms with E-state index in [1.807, 2.05) is 6.20 Å². The number of para-hydroxylation sites is 1. The van der Waals surface area contributed by atoms with Crippen molar-refractivity contribution in [2.75, 3.05) is 0 Å². The summed E-state index contributed by atoms with van der Waals surface area (Å²) in [4.78, 5) is 10.7. The summed E-state index contributed by atoms with van der Waals surface area (Å²) in [5, 5.41) is 12.6. The summed E-state index contributed by atoms with van der Waals surface area (Å²) in [5.74, 6) is 0.961. The Morgan fingerprint density at radius 3 is 1.68 bits per heavy atom. The van der Waals surface area contributed by atoms with Crippen molar-refractivity contribution >= 4 is 11.0 Å². The predicted octanol–water partition coefficient (Wildman–Crippen LogP) is 17.6. The average Bonchev–Trinajstić information content (AvgIpc) is 3.69. The number of fused-ring (bicyclic) bond motifs is 1. The molecule has 0 aliphatic carbocycles. The second-order valence-corrected chi connectivity index (χ2v) is 23.1. The zero-order valence-electron chi connectivity index (χ0n) is 42.9. The molecular formula is C65H67N3O. The lowest BCUT2D eigenvalue weighted by atomic mass is 9.78. The summed E-state index contributed by atoms with van der Waals surface area (Å²) in [6.07, 6.45) is 1.91. The molecule has 2 aromatic heterocycles. The third-order valence-electron chi connectivity index (χ3n) is 13.7. The molecule has 0 saturated heterocycles. The van der Waals surface area contributed by atoms with Crippen molar-refractivity contribution in [1.82, 2.24) is 14.5 Å². The Kier molecular flexibility index (Phi) is 11.9. The first kappa shape index (κ1) is 47.0. The van der Waals surface area contributed by atoms with Crippen molar-refractivity contribution < 1.29 is 5.11 Å². The van der Waals surface area contributed by atoms with Crippen LogP contribution < -0.4 is 0 Å². The Hall–Kier alpha value is -7.04. The fraction of sp³-hybridized carbons (Fsp3) is 0.262. The van der Waals surface area contributed by atoms with Crippen molar-refractivity contribution in [3.05, 3.63) is 192 Å². The molecule has 0 aliphatic heterocycles. The zero-order chi connectivity index (χ0) is 49.2. The molecule has 69 heavy (non-hydrogen) atoms. The van der Waals surface area contributed by atoms with E-state index in [0.717, 1.165) is 72.5 Å². The second-order valence-electron chi connectivity index (χ2n) is 23.1. The minimum atomic E-state index is -0.327. The number of imidazole rings is 1. The number of rotatable bonds is 7. The van der Waals surface area contributed by atoms with Crippen LogP contribution >= 0.6 is 0 Å². The van der Waals surface area contributed by atoms with E-state index < -0.39 is 0 Å². The molecule has 2 heterocycles. The molecule has 0 saturated carbocycles. The summed E-state index contributed by atoms with van der Waals surface area (Å²) in [6.45, 7) is 29.1. The maximum absolute atomic E-state index is 12.6. The van der Waals surface area contributed by atoms with E-state index in [9.17, 15) is 5.11 Å². The van der Waals surface area contributed by atoms with Crippen LogP contribution in [0.2, 0.25) is 0 Å². The van der Waals surface area contributed by atoms with Gasteiger partial charge in [0.15, 0.2) is 0 Å². The molecule has 0 amide bonds. The van der Waals surface area contributed by atoms with Gasteiger partial charge in [-0.3, -0.25) is 9.55 Å². The van der Waals surface area contributed by atoms with Gasteiger partial charge in [0.1, 0.15) is 11.6 Å². The van der Waals surface area contributed by atoms with Crippen molar-refractivity contribution in [1.29, 1.82) is 0 Å². The van der Waals surface area contributed by atoms with Crippen LogP contribution in [0.15, 0.2) is 164 Å². The normalized spacial score (nSPS) is 12.5. The quantitative estimate of drug-likeness (QED) is 0.173. The first-order chi connectivity index (χ1) is 32.6. The van der Waals surface area contributed by atoms with Crippen LogP contribution in [0.5, 0.6) is 5.75 Å². The summed E-state index contributed by atoms with van der Waals surface area (Å²) < 4.78 is 2.29. The average molecular weight is 906 g/mol. The Balaban J connectivity index is 1.32. The molecule has 0 radical (unpaired) electrons. The number of aromatic nitrogens is 3. The number of benzene rings is 7. The highest BCUT2D eigenvalue weighted by Gasteiger charge is 2.30. The highest BCUT2D eigenvalue weighted by Crippen LogP contribution is 2.47. The van der Waals surface area contributed by atoms with Gasteiger partial charge in [-0.25, -0.2) is 4.98 Å². The topological polar surface area (TPSA) is 50.9 Å². The molecule has 1 N–H and O–H groups in total. The Morgan fingerprint density at radius 1 is 0.435 bits per heavy atom. The number of aromatic hydroxyl groups is 1. The molecule has 7 aromatic carbocycles. The van der Waals surface area contributed by atoms with Crippen LogP contribution in [0.1, 0.15) is 111 Å². The Bertz CT molecular complexity index is 3360. The van der Waals surface area contributed by atoms with E-state index in [1.54, 1.807) is 0 Å². The highest BCUT2D eigenvalue weighted by molar-refractivity contribution is 5.97. The van der Waals surface area contributed by atoms with Gasteiger partial charge in [0.25, 0.3) is 0 Å². The largest absolute Gasteiger partial charge is 0.507 e. The molecule has 0 atom stereocenters. The molecule has 0 unspecified atom stereocenters. The predicted molar refractivity (Wildman–Crippen MR) is 293 cm³/mol. The van der Waals surface area contributed by atoms with Gasteiger partial charge < -0.3 is 5.11 Å². The number of hydrogen-bond acceptors (Lipinski definition) is 3. The third kappa shape index (κ3) is 9.18. The van der Waals surface area contributed by atoms with Gasteiger partial charge in [-0.15, -0.1) is 0 Å². The van der Waals surface area contributed by atoms with Crippen LogP contribution in [-0.4, -0.2) is 19.6 Å². The monoisotopic (exact) mass is 906 g/mol. The molecule has 9 rings (SSSR count). The van der Waals surface area contributed by atoms with Gasteiger partial charge >= 0.3 is 0 Å². The molecule has 9 aromatic rings. The van der Waals surface area contributed by atoms with Crippen LogP contribution in [0, 0.1) is 6.92 Å². The maximum Gasteiger partial charge on any atom is 0.149 e. The maximum atomic E-state index is 12.6. The molecule has 4 nitrogen and oxygen atoms in total. The lowest BCUT2D eigenvalue weighted by Crippen LogP contribution is -2.17. The Morgan fingerprint density at radius 2 is 1.04 bits per heavy atom. The summed E-state index contributed by atoms with van der Waals surface area (Å²) in [7, 11) is 0. The summed E-state index contributed by atoms with van der Waals surface area (Å²) in [5.41, 5.74) is 19.6. The van der Waals surface area contributed by atoms with Crippen LogP contribution in [0.3, 0.4) is 0 Å². The number of hydrogen-bond donors (Lipinski definition) is 1. The van der Waals surface area contributed by atoms with Crippen molar-refractivity contribution in [2.45, 2.75) is 112 Å². The van der Waals surface area contributed by atoms with E-state index in [0.29, 0.717) is 11.4 Å². The smallest absolute Gasteiger partial charge is 0.149 e. The Labute approximate surface area is 410 Å². The number of phenols is 1. The van der Waals surface area contributed by atoms with E-state index >= 15 is 0 Å². The lowest BCUT2D eigenvalue weighted by molar-refractivity contribution is 0.446. The van der Waals surface area contributed by atoms with Gasteiger partial charge in [0.2, 0.25) is 0 Å². The van der Waals surface area contributed by atoms with Crippen LogP contribution in [0.25, 0.3) is 83.9 Å². The van der Waals surface area contributed by atoms with Gasteiger partial charge in [-0.05, 0) is 138 Å². The highest BCUT2D eigenvalue weighted by atomic mass is 16.3. The minimum absolute atomic E-state index is 0.0951. The SMILES string of the molecule is Cc1cc(-c2c(-c3ccccc3)cccc2C(C)(C)C)ccc1-n1c(-c2cc(C(C)(C)C)cc(C(C)(C)C)c2O)nc2c(-c3cc(-c4cc(-c5ccccc5)ccn4)cc(C(C)(C)C)c3)cccc21. The van der Waals surface area contributed by atoms with Crippen LogP contribution in [-0.2, 0) is 21.7 Å². The number of pyridine rings is 1. The minimum Gasteiger partial charge on any atom is -0.507 e. The van der Waals surface area contributed by atoms with Crippen molar-refractivity contribution in [3.8, 4) is 78.6 Å². The first-order valence-electron chi connectivity index (χ1n) is 24.5. The molecule has 4 heteroatoms. The van der Waals surface area contributed by atoms with E-state index in [-0.39, 0.29) is 27.4 Å². The fourth-order valence-electron chi connectivity index (χ4n) is 9.74. The van der Waals surface area contributed by atoms with Gasteiger partial charge in [0.05, 0.1) is 28.0 Å². The standard InChI is InChI=1S/C65H67N3O/c1-41-34-45(58-50(43-24-18-15-19-25-43)26-20-28-53(58)64(8,9)10)30-31-56(41)68-57-29-21-27-51(59(57)67-61(68)52-39-49(63(5,6)7)40-54(60(52)69)65(11,12)13)46-35-47(37-48(36-46)62(2,3)4)55-38-44(32-33-66-55)42-22-16-14-17-23-42/h14-40,69H,1-13H3. The fourth-order valence-corrected chi connectivity index (χ4v) is 9.74. The summed E-state index contributed by atoms with van der Waals surface area (Å²) >= 11 is 0.